The Hall–Kier alpha value is -2.90. The van der Waals surface area contributed by atoms with E-state index >= 15 is 0 Å². The largest absolute Gasteiger partial charge is 0.497 e. The van der Waals surface area contributed by atoms with Crippen molar-refractivity contribution in [3.8, 4) is 11.5 Å². The Bertz CT molecular complexity index is 1010. The summed E-state index contributed by atoms with van der Waals surface area (Å²) in [6, 6.07) is 11.8. The van der Waals surface area contributed by atoms with Crippen molar-refractivity contribution in [2.45, 2.75) is 26.3 Å². The number of hydrazone groups is 1. The van der Waals surface area contributed by atoms with Crippen molar-refractivity contribution < 1.29 is 19.0 Å². The van der Waals surface area contributed by atoms with Crippen molar-refractivity contribution in [1.82, 2.24) is 9.91 Å². The second-order valence-corrected chi connectivity index (χ2v) is 8.32. The van der Waals surface area contributed by atoms with Gasteiger partial charge in [0.15, 0.2) is 0 Å². The van der Waals surface area contributed by atoms with Crippen molar-refractivity contribution in [2.75, 3.05) is 47.1 Å². The summed E-state index contributed by atoms with van der Waals surface area (Å²) < 4.78 is 16.5. The van der Waals surface area contributed by atoms with Crippen LogP contribution in [0.15, 0.2) is 41.5 Å². The molecule has 2 aliphatic rings. The van der Waals surface area contributed by atoms with Gasteiger partial charge in [-0.1, -0.05) is 17.7 Å². The van der Waals surface area contributed by atoms with Crippen LogP contribution in [0, 0.1) is 13.8 Å². The van der Waals surface area contributed by atoms with Gasteiger partial charge in [-0.25, -0.2) is 5.01 Å². The lowest BCUT2D eigenvalue weighted by Crippen LogP contribution is -2.43. The molecule has 0 aromatic heterocycles. The maximum atomic E-state index is 13.4. The zero-order chi connectivity index (χ0) is 22.7. The molecule has 7 nitrogen and oxygen atoms in total. The van der Waals surface area contributed by atoms with Crippen LogP contribution in [0.4, 0.5) is 0 Å². The minimum Gasteiger partial charge on any atom is -0.497 e. The van der Waals surface area contributed by atoms with Gasteiger partial charge in [0, 0.05) is 30.6 Å². The quantitative estimate of drug-likeness (QED) is 0.694. The lowest BCUT2D eigenvalue weighted by atomic mass is 9.94. The summed E-state index contributed by atoms with van der Waals surface area (Å²) >= 11 is 0. The molecule has 0 aliphatic carbocycles. The Morgan fingerprint density at radius 1 is 1.09 bits per heavy atom. The average molecular weight is 438 g/mol. The number of morpholine rings is 1. The molecule has 0 bridgehead atoms. The van der Waals surface area contributed by atoms with Gasteiger partial charge in [0.1, 0.15) is 11.5 Å². The number of rotatable bonds is 6. The Kier molecular flexibility index (Phi) is 6.77. The maximum absolute atomic E-state index is 13.4. The predicted molar refractivity (Wildman–Crippen MR) is 123 cm³/mol. The van der Waals surface area contributed by atoms with E-state index in [2.05, 4.69) is 36.9 Å². The highest BCUT2D eigenvalue weighted by Gasteiger charge is 2.36. The Balaban J connectivity index is 1.71. The Labute approximate surface area is 189 Å². The van der Waals surface area contributed by atoms with Crippen molar-refractivity contribution in [1.29, 1.82) is 0 Å². The van der Waals surface area contributed by atoms with Gasteiger partial charge in [0.25, 0.3) is 5.91 Å². The molecule has 2 aromatic rings. The van der Waals surface area contributed by atoms with E-state index in [1.54, 1.807) is 19.2 Å². The lowest BCUT2D eigenvalue weighted by molar-refractivity contribution is -0.135. The first kappa shape index (κ1) is 22.3. The predicted octanol–water partition coefficient (Wildman–Crippen LogP) is 3.33. The number of amides is 1. The van der Waals surface area contributed by atoms with E-state index in [1.165, 1.54) is 5.56 Å². The highest BCUT2D eigenvalue weighted by molar-refractivity contribution is 6.04. The normalized spacial score (nSPS) is 19.1. The molecule has 2 aliphatic heterocycles. The highest BCUT2D eigenvalue weighted by atomic mass is 16.5. The van der Waals surface area contributed by atoms with Crippen molar-refractivity contribution in [3.05, 3.63) is 58.7 Å². The van der Waals surface area contributed by atoms with Crippen molar-refractivity contribution in [2.24, 2.45) is 5.10 Å². The zero-order valence-electron chi connectivity index (χ0n) is 19.3. The SMILES string of the molecule is COc1ccc(OC)c([C@H]2CC(c3cc(C)ccc3C)=NN2C(=O)CN2CCOCC2)c1. The second-order valence-electron chi connectivity index (χ2n) is 8.32. The molecule has 0 saturated carbocycles. The van der Waals surface area contributed by atoms with Crippen LogP contribution in [0.1, 0.15) is 34.7 Å². The molecule has 32 heavy (non-hydrogen) atoms. The van der Waals surface area contributed by atoms with E-state index in [1.807, 2.05) is 18.2 Å². The van der Waals surface area contributed by atoms with Crippen LogP contribution >= 0.6 is 0 Å². The first-order chi connectivity index (χ1) is 15.5. The van der Waals surface area contributed by atoms with E-state index < -0.39 is 0 Å². The summed E-state index contributed by atoms with van der Waals surface area (Å²) in [6.07, 6.45) is 0.614. The Morgan fingerprint density at radius 2 is 1.88 bits per heavy atom. The van der Waals surface area contributed by atoms with E-state index in [4.69, 9.17) is 19.3 Å². The number of nitrogens with zero attached hydrogens (tertiary/aromatic N) is 3. The van der Waals surface area contributed by atoms with Gasteiger partial charge in [-0.15, -0.1) is 0 Å². The third-order valence-electron chi connectivity index (χ3n) is 6.13. The highest BCUT2D eigenvalue weighted by Crippen LogP contribution is 2.39. The van der Waals surface area contributed by atoms with Crippen molar-refractivity contribution >= 4 is 11.6 Å². The average Bonchev–Trinajstić information content (AvgIpc) is 3.26. The summed E-state index contributed by atoms with van der Waals surface area (Å²) in [6.45, 7) is 7.27. The van der Waals surface area contributed by atoms with E-state index in [9.17, 15) is 4.79 Å². The van der Waals surface area contributed by atoms with Gasteiger partial charge in [-0.2, -0.15) is 5.10 Å². The summed E-state index contributed by atoms with van der Waals surface area (Å²) in [5.74, 6) is 1.42. The van der Waals surface area contributed by atoms with Crippen molar-refractivity contribution in [3.63, 3.8) is 0 Å². The summed E-state index contributed by atoms with van der Waals surface area (Å²) in [4.78, 5) is 15.6. The van der Waals surface area contributed by atoms with Crippen LogP contribution in [0.5, 0.6) is 11.5 Å². The first-order valence-electron chi connectivity index (χ1n) is 11.0. The standard InChI is InChI=1S/C25H31N3O4/c1-17-5-6-18(2)20(13-17)22-15-23(21-14-19(30-3)7-8-24(21)31-4)28(26-22)25(29)16-27-9-11-32-12-10-27/h5-8,13-14,23H,9-12,15-16H2,1-4H3/t23-/m1/s1. The van der Waals surface area contributed by atoms with Gasteiger partial charge < -0.3 is 14.2 Å². The fourth-order valence-electron chi connectivity index (χ4n) is 4.31. The molecule has 4 rings (SSSR count). The van der Waals surface area contributed by atoms with Crippen LogP contribution in [0.2, 0.25) is 0 Å². The topological polar surface area (TPSA) is 63.6 Å². The van der Waals surface area contributed by atoms with Gasteiger partial charge >= 0.3 is 0 Å². The molecular weight excluding hydrogens is 406 g/mol. The number of ether oxygens (including phenoxy) is 3. The molecular formula is C25H31N3O4. The summed E-state index contributed by atoms with van der Waals surface area (Å²) in [5.41, 5.74) is 5.20. The van der Waals surface area contributed by atoms with Gasteiger partial charge in [-0.3, -0.25) is 9.69 Å². The third-order valence-corrected chi connectivity index (χ3v) is 6.13. The summed E-state index contributed by atoms with van der Waals surface area (Å²) in [5, 5.41) is 6.50. The van der Waals surface area contributed by atoms with E-state index in [0.717, 1.165) is 47.0 Å². The number of benzene rings is 2. The third kappa shape index (κ3) is 4.64. The minimum absolute atomic E-state index is 0.0259. The van der Waals surface area contributed by atoms with Crippen LogP contribution < -0.4 is 9.47 Å². The van der Waals surface area contributed by atoms with Crippen LogP contribution in [-0.4, -0.2) is 68.6 Å². The zero-order valence-corrected chi connectivity index (χ0v) is 19.3. The molecule has 7 heteroatoms. The van der Waals surface area contributed by atoms with E-state index in [0.29, 0.717) is 26.2 Å². The molecule has 0 N–H and O–H groups in total. The monoisotopic (exact) mass is 437 g/mol. The minimum atomic E-state index is -0.261. The smallest absolute Gasteiger partial charge is 0.257 e. The van der Waals surface area contributed by atoms with Gasteiger partial charge in [0.2, 0.25) is 0 Å². The molecule has 1 atom stereocenters. The molecule has 0 radical (unpaired) electrons. The molecule has 0 spiro atoms. The van der Waals surface area contributed by atoms with Crippen LogP contribution in [0.3, 0.4) is 0 Å². The molecule has 1 amide bonds. The number of carbonyl (C=O) groups excluding carboxylic acids is 1. The molecule has 2 heterocycles. The van der Waals surface area contributed by atoms with Gasteiger partial charge in [0.05, 0.1) is 45.7 Å². The van der Waals surface area contributed by atoms with Gasteiger partial charge in [-0.05, 0) is 43.7 Å². The fourth-order valence-corrected chi connectivity index (χ4v) is 4.31. The lowest BCUT2D eigenvalue weighted by Gasteiger charge is -2.29. The number of methoxy groups -OCH3 is 2. The maximum Gasteiger partial charge on any atom is 0.257 e. The number of hydrogen-bond acceptors (Lipinski definition) is 6. The number of carbonyl (C=O) groups is 1. The number of aryl methyl sites for hydroxylation is 2. The van der Waals surface area contributed by atoms with E-state index in [-0.39, 0.29) is 11.9 Å². The molecule has 1 saturated heterocycles. The van der Waals surface area contributed by atoms with Crippen LogP contribution in [0.25, 0.3) is 0 Å². The first-order valence-corrected chi connectivity index (χ1v) is 11.0. The molecule has 0 unspecified atom stereocenters. The molecule has 1 fully saturated rings. The molecule has 2 aromatic carbocycles. The number of hydrogen-bond donors (Lipinski definition) is 0. The second kappa shape index (κ2) is 9.71. The Morgan fingerprint density at radius 3 is 2.59 bits per heavy atom. The fraction of sp³-hybridized carbons (Fsp3) is 0.440. The summed E-state index contributed by atoms with van der Waals surface area (Å²) in [7, 11) is 3.28. The van der Waals surface area contributed by atoms with Crippen LogP contribution in [-0.2, 0) is 9.53 Å². The molecule has 170 valence electrons.